The predicted octanol–water partition coefficient (Wildman–Crippen LogP) is 1.23. The van der Waals surface area contributed by atoms with Crippen molar-refractivity contribution in [2.45, 2.75) is 72.0 Å². The van der Waals surface area contributed by atoms with Crippen molar-refractivity contribution < 1.29 is 9.59 Å². The van der Waals surface area contributed by atoms with Crippen LogP contribution in [-0.4, -0.2) is 42.9 Å². The monoisotopic (exact) mass is 285 g/mol. The number of nitrogens with one attached hydrogen (secondary N) is 3. The molecule has 1 amide bonds. The van der Waals surface area contributed by atoms with Crippen molar-refractivity contribution >= 4 is 11.7 Å². The molecule has 0 aliphatic rings. The number of hydrogen-bond acceptors (Lipinski definition) is 4. The first kappa shape index (κ1) is 19.1. The van der Waals surface area contributed by atoms with E-state index in [0.29, 0.717) is 6.04 Å². The van der Waals surface area contributed by atoms with Crippen molar-refractivity contribution in [2.75, 3.05) is 13.1 Å². The zero-order valence-electron chi connectivity index (χ0n) is 13.6. The van der Waals surface area contributed by atoms with Crippen molar-refractivity contribution in [1.82, 2.24) is 16.0 Å². The molecule has 0 rings (SSSR count). The molecular formula is C15H31N3O2. The van der Waals surface area contributed by atoms with Gasteiger partial charge in [0.15, 0.2) is 0 Å². The van der Waals surface area contributed by atoms with Crippen LogP contribution in [0.2, 0.25) is 0 Å². The zero-order chi connectivity index (χ0) is 15.5. The molecule has 0 aliphatic carbocycles. The summed E-state index contributed by atoms with van der Waals surface area (Å²) in [4.78, 5) is 22.9. The highest BCUT2D eigenvalue weighted by atomic mass is 16.2. The van der Waals surface area contributed by atoms with E-state index in [4.69, 9.17) is 0 Å². The van der Waals surface area contributed by atoms with Gasteiger partial charge in [-0.3, -0.25) is 9.59 Å². The van der Waals surface area contributed by atoms with Crippen molar-refractivity contribution in [3.8, 4) is 0 Å². The Bertz CT molecular complexity index is 291. The lowest BCUT2D eigenvalue weighted by atomic mass is 10.1. The highest BCUT2D eigenvalue weighted by molar-refractivity contribution is 5.87. The molecule has 20 heavy (non-hydrogen) atoms. The van der Waals surface area contributed by atoms with E-state index in [-0.39, 0.29) is 30.3 Å². The van der Waals surface area contributed by atoms with Gasteiger partial charge in [0.2, 0.25) is 5.91 Å². The second-order valence-corrected chi connectivity index (χ2v) is 5.90. The lowest BCUT2D eigenvalue weighted by Gasteiger charge is -2.20. The molecule has 5 heteroatoms. The molecule has 5 nitrogen and oxygen atoms in total. The van der Waals surface area contributed by atoms with Crippen LogP contribution in [0.25, 0.3) is 0 Å². The molecule has 0 aromatic rings. The summed E-state index contributed by atoms with van der Waals surface area (Å²) in [7, 11) is 0. The van der Waals surface area contributed by atoms with E-state index in [0.717, 1.165) is 25.8 Å². The quantitative estimate of drug-likeness (QED) is 0.499. The van der Waals surface area contributed by atoms with Gasteiger partial charge in [-0.1, -0.05) is 34.1 Å². The third kappa shape index (κ3) is 10.9. The Kier molecular flexibility index (Phi) is 10.3. The maximum Gasteiger partial charge on any atom is 0.237 e. The summed E-state index contributed by atoms with van der Waals surface area (Å²) >= 11 is 0. The summed E-state index contributed by atoms with van der Waals surface area (Å²) in [5.74, 6) is -0.103. The second kappa shape index (κ2) is 10.8. The van der Waals surface area contributed by atoms with Crippen LogP contribution in [0.1, 0.15) is 53.9 Å². The Morgan fingerprint density at radius 2 is 1.65 bits per heavy atom. The van der Waals surface area contributed by atoms with Gasteiger partial charge in [-0.05, 0) is 26.3 Å². The molecule has 0 heterocycles. The van der Waals surface area contributed by atoms with Gasteiger partial charge in [0, 0.05) is 12.1 Å². The summed E-state index contributed by atoms with van der Waals surface area (Å²) in [6.45, 7) is 10.8. The van der Waals surface area contributed by atoms with E-state index in [1.165, 1.54) is 6.92 Å². The van der Waals surface area contributed by atoms with Gasteiger partial charge in [0.05, 0.1) is 12.6 Å². The molecule has 0 saturated carbocycles. The van der Waals surface area contributed by atoms with Gasteiger partial charge in [-0.2, -0.15) is 0 Å². The summed E-state index contributed by atoms with van der Waals surface area (Å²) in [6.07, 6.45) is 2.83. The molecule has 0 spiro atoms. The minimum Gasteiger partial charge on any atom is -0.348 e. The van der Waals surface area contributed by atoms with Gasteiger partial charge in [0.1, 0.15) is 5.78 Å². The summed E-state index contributed by atoms with van der Waals surface area (Å²) in [5, 5.41) is 9.30. The summed E-state index contributed by atoms with van der Waals surface area (Å²) < 4.78 is 0. The van der Waals surface area contributed by atoms with Crippen molar-refractivity contribution in [1.29, 1.82) is 0 Å². The molecule has 0 bridgehead atoms. The van der Waals surface area contributed by atoms with Crippen LogP contribution in [0, 0.1) is 0 Å². The number of rotatable bonds is 11. The van der Waals surface area contributed by atoms with Gasteiger partial charge >= 0.3 is 0 Å². The van der Waals surface area contributed by atoms with Crippen LogP contribution in [-0.2, 0) is 9.59 Å². The molecule has 0 fully saturated rings. The fourth-order valence-electron chi connectivity index (χ4n) is 1.89. The highest BCUT2D eigenvalue weighted by Gasteiger charge is 2.18. The smallest absolute Gasteiger partial charge is 0.237 e. The molecule has 0 radical (unpaired) electrons. The third-order valence-electron chi connectivity index (χ3n) is 2.83. The SMILES string of the molecule is CC(=O)CNC(=O)C(CCCCNC(C)C)NC(C)C. The van der Waals surface area contributed by atoms with E-state index in [2.05, 4.69) is 29.8 Å². The first-order valence-corrected chi connectivity index (χ1v) is 7.59. The number of ketones is 1. The van der Waals surface area contributed by atoms with E-state index < -0.39 is 0 Å². The van der Waals surface area contributed by atoms with Gasteiger partial charge in [-0.25, -0.2) is 0 Å². The Labute approximate surface area is 123 Å². The number of amides is 1. The Morgan fingerprint density at radius 1 is 1.00 bits per heavy atom. The van der Waals surface area contributed by atoms with Gasteiger partial charge in [0.25, 0.3) is 0 Å². The first-order chi connectivity index (χ1) is 9.32. The average molecular weight is 285 g/mol. The van der Waals surface area contributed by atoms with Crippen molar-refractivity contribution in [2.24, 2.45) is 0 Å². The van der Waals surface area contributed by atoms with E-state index in [1.54, 1.807) is 0 Å². The van der Waals surface area contributed by atoms with E-state index in [9.17, 15) is 9.59 Å². The molecule has 1 atom stereocenters. The van der Waals surface area contributed by atoms with E-state index >= 15 is 0 Å². The van der Waals surface area contributed by atoms with Crippen LogP contribution in [0.4, 0.5) is 0 Å². The topological polar surface area (TPSA) is 70.2 Å². The molecule has 0 aromatic carbocycles. The predicted molar refractivity (Wildman–Crippen MR) is 82.7 cm³/mol. The van der Waals surface area contributed by atoms with Gasteiger partial charge < -0.3 is 16.0 Å². The number of Topliss-reactive ketones (excluding diaryl/α,β-unsaturated/α-hetero) is 1. The maximum absolute atomic E-state index is 12.0. The Balaban J connectivity index is 4.07. The summed E-state index contributed by atoms with van der Waals surface area (Å²) in [6, 6.07) is 0.531. The number of carbonyl (C=O) groups excluding carboxylic acids is 2. The third-order valence-corrected chi connectivity index (χ3v) is 2.83. The Morgan fingerprint density at radius 3 is 2.15 bits per heavy atom. The van der Waals surface area contributed by atoms with Crippen LogP contribution >= 0.6 is 0 Å². The fraction of sp³-hybridized carbons (Fsp3) is 0.867. The van der Waals surface area contributed by atoms with Crippen LogP contribution in [0.15, 0.2) is 0 Å². The van der Waals surface area contributed by atoms with Crippen LogP contribution < -0.4 is 16.0 Å². The first-order valence-electron chi connectivity index (χ1n) is 7.59. The minimum atomic E-state index is -0.214. The lowest BCUT2D eigenvalue weighted by molar-refractivity contribution is -0.126. The molecule has 0 aromatic heterocycles. The second-order valence-electron chi connectivity index (χ2n) is 5.90. The summed E-state index contributed by atoms with van der Waals surface area (Å²) in [5.41, 5.74) is 0. The molecule has 0 saturated heterocycles. The number of hydrogen-bond donors (Lipinski definition) is 3. The number of unbranched alkanes of at least 4 members (excludes halogenated alkanes) is 1. The molecule has 1 unspecified atom stereocenters. The minimum absolute atomic E-state index is 0.0252. The van der Waals surface area contributed by atoms with Crippen LogP contribution in [0.3, 0.4) is 0 Å². The Hall–Kier alpha value is -0.940. The van der Waals surface area contributed by atoms with Gasteiger partial charge in [-0.15, -0.1) is 0 Å². The largest absolute Gasteiger partial charge is 0.348 e. The molecular weight excluding hydrogens is 254 g/mol. The maximum atomic E-state index is 12.0. The number of carbonyl (C=O) groups is 2. The molecule has 3 N–H and O–H groups in total. The zero-order valence-corrected chi connectivity index (χ0v) is 13.6. The average Bonchev–Trinajstić information content (AvgIpc) is 2.33. The van der Waals surface area contributed by atoms with Crippen LogP contribution in [0.5, 0.6) is 0 Å². The van der Waals surface area contributed by atoms with E-state index in [1.807, 2.05) is 13.8 Å². The lowest BCUT2D eigenvalue weighted by Crippen LogP contribution is -2.47. The normalized spacial score (nSPS) is 12.8. The highest BCUT2D eigenvalue weighted by Crippen LogP contribution is 2.02. The van der Waals surface area contributed by atoms with Crippen molar-refractivity contribution in [3.63, 3.8) is 0 Å². The molecule has 0 aliphatic heterocycles. The fourth-order valence-corrected chi connectivity index (χ4v) is 1.89. The standard InChI is InChI=1S/C15H31N3O2/c1-11(2)16-9-7-6-8-14(18-12(3)4)15(20)17-10-13(5)19/h11-12,14,16,18H,6-10H2,1-5H3,(H,17,20). The van der Waals surface area contributed by atoms with Crippen molar-refractivity contribution in [3.05, 3.63) is 0 Å². The molecule has 118 valence electrons.